The lowest BCUT2D eigenvalue weighted by molar-refractivity contribution is -0.146. The van der Waals surface area contributed by atoms with Gasteiger partial charge in [0.1, 0.15) is 17.2 Å². The van der Waals surface area contributed by atoms with Gasteiger partial charge in [-0.05, 0) is 75.8 Å². The molecule has 182 valence electrons. The van der Waals surface area contributed by atoms with Gasteiger partial charge in [0, 0.05) is 6.54 Å². The molecule has 0 saturated carbocycles. The summed E-state index contributed by atoms with van der Waals surface area (Å²) in [5.41, 5.74) is 1.18. The molecule has 1 aliphatic heterocycles. The Labute approximate surface area is 199 Å². The SMILES string of the molecule is Cc1cc(NC(=O)C(=O)N2C[C@@H](C)CC[C@@H]2c2ccc(O)cc2)cnc1NC(=O)OC(C)(C)C. The van der Waals surface area contributed by atoms with Crippen LogP contribution < -0.4 is 10.6 Å². The van der Waals surface area contributed by atoms with Crippen molar-refractivity contribution >= 4 is 29.4 Å². The van der Waals surface area contributed by atoms with Gasteiger partial charge in [0.25, 0.3) is 0 Å². The van der Waals surface area contributed by atoms with E-state index in [9.17, 15) is 19.5 Å². The predicted molar refractivity (Wildman–Crippen MR) is 128 cm³/mol. The topological polar surface area (TPSA) is 121 Å². The van der Waals surface area contributed by atoms with E-state index < -0.39 is 23.5 Å². The van der Waals surface area contributed by atoms with E-state index >= 15 is 0 Å². The van der Waals surface area contributed by atoms with E-state index in [1.165, 1.54) is 6.20 Å². The summed E-state index contributed by atoms with van der Waals surface area (Å²) >= 11 is 0. The normalized spacial score (nSPS) is 18.2. The van der Waals surface area contributed by atoms with Crippen LogP contribution in [-0.4, -0.2) is 45.0 Å². The molecule has 2 atom stereocenters. The fraction of sp³-hybridized carbons (Fsp3) is 0.440. The summed E-state index contributed by atoms with van der Waals surface area (Å²) in [6, 6.07) is 8.10. The van der Waals surface area contributed by atoms with Crippen molar-refractivity contribution in [3.05, 3.63) is 47.7 Å². The molecule has 1 aliphatic rings. The van der Waals surface area contributed by atoms with Crippen LogP contribution in [0.15, 0.2) is 36.5 Å². The van der Waals surface area contributed by atoms with E-state index in [1.807, 2.05) is 0 Å². The first-order valence-corrected chi connectivity index (χ1v) is 11.3. The number of piperidine rings is 1. The number of likely N-dealkylation sites (tertiary alicyclic amines) is 1. The molecule has 0 aliphatic carbocycles. The number of phenolic OH excluding ortho intramolecular Hbond substituents is 1. The number of carbonyl (C=O) groups excluding carboxylic acids is 3. The first-order valence-electron chi connectivity index (χ1n) is 11.3. The Morgan fingerprint density at radius 2 is 1.79 bits per heavy atom. The fourth-order valence-corrected chi connectivity index (χ4v) is 3.91. The number of carbonyl (C=O) groups is 3. The lowest BCUT2D eigenvalue weighted by atomic mass is 9.90. The number of benzene rings is 1. The third-order valence-electron chi connectivity index (χ3n) is 5.51. The molecule has 0 spiro atoms. The van der Waals surface area contributed by atoms with E-state index in [2.05, 4.69) is 22.5 Å². The van der Waals surface area contributed by atoms with Crippen LogP contribution in [0.2, 0.25) is 0 Å². The van der Waals surface area contributed by atoms with Crippen molar-refractivity contribution in [3.8, 4) is 5.75 Å². The highest BCUT2D eigenvalue weighted by atomic mass is 16.6. The van der Waals surface area contributed by atoms with Gasteiger partial charge < -0.3 is 20.1 Å². The van der Waals surface area contributed by atoms with Crippen LogP contribution in [0.4, 0.5) is 16.3 Å². The molecule has 2 heterocycles. The minimum absolute atomic E-state index is 0.149. The third kappa shape index (κ3) is 6.46. The van der Waals surface area contributed by atoms with Gasteiger partial charge in [0.05, 0.1) is 17.9 Å². The first kappa shape index (κ1) is 25.0. The smallest absolute Gasteiger partial charge is 0.413 e. The number of aryl methyl sites for hydroxylation is 1. The molecule has 3 rings (SSSR count). The van der Waals surface area contributed by atoms with E-state index in [0.717, 1.165) is 18.4 Å². The Kier molecular flexibility index (Phi) is 7.44. The van der Waals surface area contributed by atoms with Gasteiger partial charge in [-0.3, -0.25) is 14.9 Å². The number of hydrogen-bond acceptors (Lipinski definition) is 6. The highest BCUT2D eigenvalue weighted by molar-refractivity contribution is 6.39. The van der Waals surface area contributed by atoms with E-state index in [4.69, 9.17) is 4.74 Å². The van der Waals surface area contributed by atoms with E-state index in [0.29, 0.717) is 23.6 Å². The molecule has 1 aromatic carbocycles. The number of pyridine rings is 1. The van der Waals surface area contributed by atoms with E-state index in [-0.39, 0.29) is 17.7 Å². The molecule has 1 saturated heterocycles. The molecular formula is C25H32N4O5. The van der Waals surface area contributed by atoms with Gasteiger partial charge in [-0.1, -0.05) is 19.1 Å². The quantitative estimate of drug-likeness (QED) is 0.575. The van der Waals surface area contributed by atoms with Crippen LogP contribution >= 0.6 is 0 Å². The lowest BCUT2D eigenvalue weighted by Gasteiger charge is -2.38. The molecule has 2 aromatic rings. The monoisotopic (exact) mass is 468 g/mol. The number of rotatable bonds is 3. The van der Waals surface area contributed by atoms with Gasteiger partial charge >= 0.3 is 17.9 Å². The van der Waals surface area contributed by atoms with E-state index in [1.54, 1.807) is 62.9 Å². The van der Waals surface area contributed by atoms with Crippen molar-refractivity contribution in [2.45, 2.75) is 59.1 Å². The summed E-state index contributed by atoms with van der Waals surface area (Å²) in [5.74, 6) is -0.663. The highest BCUT2D eigenvalue weighted by Gasteiger charge is 2.34. The summed E-state index contributed by atoms with van der Waals surface area (Å²) in [7, 11) is 0. The Morgan fingerprint density at radius 1 is 1.12 bits per heavy atom. The van der Waals surface area contributed by atoms with Gasteiger partial charge in [0.15, 0.2) is 0 Å². The lowest BCUT2D eigenvalue weighted by Crippen LogP contribution is -2.46. The molecule has 0 bridgehead atoms. The van der Waals surface area contributed by atoms with Crippen molar-refractivity contribution in [3.63, 3.8) is 0 Å². The first-order chi connectivity index (χ1) is 15.9. The molecule has 0 unspecified atom stereocenters. The Balaban J connectivity index is 1.70. The fourth-order valence-electron chi connectivity index (χ4n) is 3.91. The standard InChI is InChI=1S/C25H32N4O5/c1-15-6-11-20(17-7-9-19(30)10-8-17)29(14-15)23(32)22(31)27-18-12-16(2)21(26-13-18)28-24(33)34-25(3,4)5/h7-10,12-13,15,20,30H,6,11,14H2,1-5H3,(H,27,31)(H,26,28,33)/t15-,20+/m0/s1. The second-order valence-electron chi connectivity index (χ2n) is 9.72. The molecule has 0 radical (unpaired) electrons. The molecule has 9 heteroatoms. The second kappa shape index (κ2) is 10.1. The molecule has 1 fully saturated rings. The predicted octanol–water partition coefficient (Wildman–Crippen LogP) is 4.38. The number of aromatic hydroxyl groups is 1. The maximum Gasteiger partial charge on any atom is 0.413 e. The highest BCUT2D eigenvalue weighted by Crippen LogP contribution is 2.34. The zero-order valence-electron chi connectivity index (χ0n) is 20.2. The third-order valence-corrected chi connectivity index (χ3v) is 5.51. The second-order valence-corrected chi connectivity index (χ2v) is 9.72. The Bertz CT molecular complexity index is 1060. The largest absolute Gasteiger partial charge is 0.508 e. The average Bonchev–Trinajstić information content (AvgIpc) is 2.74. The average molecular weight is 469 g/mol. The molecule has 3 N–H and O–H groups in total. The number of amides is 3. The van der Waals surface area contributed by atoms with Crippen molar-refractivity contribution in [1.82, 2.24) is 9.88 Å². The van der Waals surface area contributed by atoms with Crippen LogP contribution in [-0.2, 0) is 14.3 Å². The molecular weight excluding hydrogens is 436 g/mol. The number of aromatic nitrogens is 1. The number of hydrogen-bond donors (Lipinski definition) is 3. The van der Waals surface area contributed by atoms with Crippen LogP contribution in [0.3, 0.4) is 0 Å². The van der Waals surface area contributed by atoms with Crippen molar-refractivity contribution < 1.29 is 24.2 Å². The number of nitrogens with zero attached hydrogens (tertiary/aromatic N) is 2. The maximum absolute atomic E-state index is 13.1. The van der Waals surface area contributed by atoms with Gasteiger partial charge in [-0.2, -0.15) is 0 Å². The Morgan fingerprint density at radius 3 is 2.41 bits per heavy atom. The minimum Gasteiger partial charge on any atom is -0.508 e. The van der Waals surface area contributed by atoms with Gasteiger partial charge in [-0.15, -0.1) is 0 Å². The van der Waals surface area contributed by atoms with Crippen LogP contribution in [0.25, 0.3) is 0 Å². The van der Waals surface area contributed by atoms with Crippen molar-refractivity contribution in [2.24, 2.45) is 5.92 Å². The molecule has 34 heavy (non-hydrogen) atoms. The number of ether oxygens (including phenoxy) is 1. The molecule has 9 nitrogen and oxygen atoms in total. The van der Waals surface area contributed by atoms with Gasteiger partial charge in [0.2, 0.25) is 0 Å². The van der Waals surface area contributed by atoms with Gasteiger partial charge in [-0.25, -0.2) is 9.78 Å². The van der Waals surface area contributed by atoms with Crippen molar-refractivity contribution in [1.29, 1.82) is 0 Å². The number of nitrogens with one attached hydrogen (secondary N) is 2. The summed E-state index contributed by atoms with van der Waals surface area (Å²) in [6.45, 7) is 9.53. The maximum atomic E-state index is 13.1. The van der Waals surface area contributed by atoms with Crippen LogP contribution in [0, 0.1) is 12.8 Å². The van der Waals surface area contributed by atoms with Crippen LogP contribution in [0.1, 0.15) is 57.7 Å². The minimum atomic E-state index is -0.757. The zero-order valence-corrected chi connectivity index (χ0v) is 20.2. The summed E-state index contributed by atoms with van der Waals surface area (Å²) < 4.78 is 5.23. The number of anilines is 2. The summed E-state index contributed by atoms with van der Waals surface area (Å²) in [5, 5.41) is 14.8. The van der Waals surface area contributed by atoms with Crippen molar-refractivity contribution in [2.75, 3.05) is 17.2 Å². The molecule has 1 aromatic heterocycles. The zero-order chi connectivity index (χ0) is 25.0. The number of phenols is 1. The molecule has 3 amide bonds. The summed E-state index contributed by atoms with van der Waals surface area (Å²) in [6.07, 6.45) is 2.42. The van der Waals surface area contributed by atoms with Crippen LogP contribution in [0.5, 0.6) is 5.75 Å². The Hall–Kier alpha value is -3.62. The summed E-state index contributed by atoms with van der Waals surface area (Å²) in [4.78, 5) is 43.7.